The van der Waals surface area contributed by atoms with E-state index in [-0.39, 0.29) is 6.10 Å². The van der Waals surface area contributed by atoms with E-state index in [1.807, 2.05) is 25.1 Å². The summed E-state index contributed by atoms with van der Waals surface area (Å²) in [7, 11) is -3.83. The van der Waals surface area contributed by atoms with E-state index < -0.39 is 27.6 Å². The largest absolute Gasteiger partial charge is 0.373 e. The van der Waals surface area contributed by atoms with Gasteiger partial charge in [-0.1, -0.05) is 29.8 Å². The molecule has 1 aliphatic heterocycles. The van der Waals surface area contributed by atoms with Crippen LogP contribution in [0.25, 0.3) is 0 Å². The molecule has 0 bridgehead atoms. The number of hydrogen-bond acceptors (Lipinski definition) is 6. The third-order valence-electron chi connectivity index (χ3n) is 5.39. The lowest BCUT2D eigenvalue weighted by molar-refractivity contribution is -0.129. The molecular formula is C21H26ClN3O5S. The van der Waals surface area contributed by atoms with Gasteiger partial charge in [-0.2, -0.15) is 0 Å². The highest BCUT2D eigenvalue weighted by Crippen LogP contribution is 2.31. The molecule has 0 radical (unpaired) electrons. The maximum atomic E-state index is 13.3. The van der Waals surface area contributed by atoms with Gasteiger partial charge in [0.25, 0.3) is 0 Å². The number of aromatic nitrogens is 1. The highest BCUT2D eigenvalue weighted by Gasteiger charge is 2.37. The van der Waals surface area contributed by atoms with E-state index in [0.717, 1.165) is 11.1 Å². The van der Waals surface area contributed by atoms with Gasteiger partial charge >= 0.3 is 0 Å². The van der Waals surface area contributed by atoms with Crippen LogP contribution in [0.5, 0.6) is 0 Å². The maximum Gasteiger partial charge on any atom is 0.245 e. The van der Waals surface area contributed by atoms with Crippen molar-refractivity contribution in [2.75, 3.05) is 13.1 Å². The zero-order chi connectivity index (χ0) is 22.4. The molecule has 1 aromatic carbocycles. The number of rotatable bonds is 8. The van der Waals surface area contributed by atoms with Crippen molar-refractivity contribution in [1.29, 1.82) is 0 Å². The molecule has 168 valence electrons. The number of halogens is 1. The summed E-state index contributed by atoms with van der Waals surface area (Å²) in [6.07, 6.45) is 3.59. The van der Waals surface area contributed by atoms with Crippen molar-refractivity contribution >= 4 is 27.5 Å². The Morgan fingerprint density at radius 2 is 2.10 bits per heavy atom. The molecule has 2 aromatic rings. The molecule has 0 aliphatic carbocycles. The van der Waals surface area contributed by atoms with E-state index in [2.05, 4.69) is 4.98 Å². The van der Waals surface area contributed by atoms with Crippen molar-refractivity contribution in [1.82, 2.24) is 14.8 Å². The number of aryl methyl sites for hydroxylation is 1. The number of nitrogens with zero attached hydrogens (tertiary/aromatic N) is 2. The van der Waals surface area contributed by atoms with Crippen LogP contribution in [-0.2, 0) is 26.2 Å². The van der Waals surface area contributed by atoms with Gasteiger partial charge in [0.2, 0.25) is 15.9 Å². The average molecular weight is 468 g/mol. The van der Waals surface area contributed by atoms with Gasteiger partial charge in [-0.15, -0.1) is 0 Å². The van der Waals surface area contributed by atoms with E-state index in [1.165, 1.54) is 22.2 Å². The number of sulfonamides is 1. The topological polar surface area (TPSA) is 109 Å². The molecule has 10 heteroatoms. The summed E-state index contributed by atoms with van der Waals surface area (Å²) in [6.45, 7) is 2.93. The Morgan fingerprint density at radius 3 is 2.71 bits per heavy atom. The summed E-state index contributed by atoms with van der Waals surface area (Å²) in [6, 6.07) is 9.01. The molecule has 0 saturated carbocycles. The molecule has 1 amide bonds. The smallest absolute Gasteiger partial charge is 0.245 e. The average Bonchev–Trinajstić information content (AvgIpc) is 2.78. The van der Waals surface area contributed by atoms with Gasteiger partial charge in [0.15, 0.2) is 0 Å². The fraction of sp³-hybridized carbons (Fsp3) is 0.429. The van der Waals surface area contributed by atoms with Gasteiger partial charge in [0.1, 0.15) is 5.25 Å². The van der Waals surface area contributed by atoms with Crippen molar-refractivity contribution in [3.8, 4) is 0 Å². The first-order valence-electron chi connectivity index (χ1n) is 9.99. The number of carbonyl (C=O) groups excluding carboxylic acids is 1. The molecule has 3 rings (SSSR count). The second kappa shape index (κ2) is 10.5. The summed E-state index contributed by atoms with van der Waals surface area (Å²) in [5, 5.41) is 8.44. The molecule has 0 spiro atoms. The zero-order valence-corrected chi connectivity index (χ0v) is 18.8. The minimum atomic E-state index is -3.83. The van der Waals surface area contributed by atoms with Crippen LogP contribution in [-0.4, -0.2) is 48.0 Å². The molecule has 1 fully saturated rings. The number of benzene rings is 1. The number of amides is 1. The summed E-state index contributed by atoms with van der Waals surface area (Å²) < 4.78 is 33.9. The molecule has 31 heavy (non-hydrogen) atoms. The number of pyridine rings is 1. The van der Waals surface area contributed by atoms with Gasteiger partial charge < -0.3 is 4.74 Å². The second-order valence-corrected chi connectivity index (χ2v) is 10.1. The van der Waals surface area contributed by atoms with E-state index in [9.17, 15) is 13.2 Å². The molecule has 1 aliphatic rings. The third-order valence-corrected chi connectivity index (χ3v) is 8.04. The first-order valence-corrected chi connectivity index (χ1v) is 11.9. The van der Waals surface area contributed by atoms with Crippen LogP contribution in [0.4, 0.5) is 0 Å². The molecule has 1 saturated heterocycles. The highest BCUT2D eigenvalue weighted by molar-refractivity contribution is 7.89. The molecule has 1 aromatic heterocycles. The number of piperidine rings is 1. The van der Waals surface area contributed by atoms with Crippen LogP contribution in [0.2, 0.25) is 5.02 Å². The Kier molecular flexibility index (Phi) is 8.01. The minimum Gasteiger partial charge on any atom is -0.373 e. The van der Waals surface area contributed by atoms with E-state index >= 15 is 0 Å². The Hall–Kier alpha value is -2.04. The summed E-state index contributed by atoms with van der Waals surface area (Å²) in [5.41, 5.74) is 3.89. The molecule has 2 heterocycles. The lowest BCUT2D eigenvalue weighted by Gasteiger charge is -2.33. The predicted molar refractivity (Wildman–Crippen MR) is 116 cm³/mol. The zero-order valence-electron chi connectivity index (χ0n) is 17.2. The van der Waals surface area contributed by atoms with Crippen molar-refractivity contribution in [3.63, 3.8) is 0 Å². The van der Waals surface area contributed by atoms with Crippen LogP contribution in [0.15, 0.2) is 42.7 Å². The van der Waals surface area contributed by atoms with Crippen molar-refractivity contribution in [3.05, 3.63) is 64.4 Å². The van der Waals surface area contributed by atoms with Gasteiger partial charge in [-0.25, -0.2) is 18.2 Å². The Bertz CT molecular complexity index is 995. The molecule has 8 nitrogen and oxygen atoms in total. The summed E-state index contributed by atoms with van der Waals surface area (Å²) >= 11 is 6.15. The van der Waals surface area contributed by atoms with Gasteiger partial charge in [-0.3, -0.25) is 15.0 Å². The Labute approximate surface area is 187 Å². The van der Waals surface area contributed by atoms with Gasteiger partial charge in [0.05, 0.1) is 19.1 Å². The van der Waals surface area contributed by atoms with Crippen LogP contribution in [0, 0.1) is 6.92 Å². The fourth-order valence-corrected chi connectivity index (χ4v) is 5.68. The molecular weight excluding hydrogens is 442 g/mol. The number of ether oxygens (including phenoxy) is 1. The monoisotopic (exact) mass is 467 g/mol. The second-order valence-electron chi connectivity index (χ2n) is 7.55. The van der Waals surface area contributed by atoms with Crippen LogP contribution < -0.4 is 5.48 Å². The Balaban J connectivity index is 1.63. The fourth-order valence-electron chi connectivity index (χ4n) is 3.55. The summed E-state index contributed by atoms with van der Waals surface area (Å²) in [5.74, 6) is -0.771. The van der Waals surface area contributed by atoms with Crippen molar-refractivity contribution < 1.29 is 23.2 Å². The van der Waals surface area contributed by atoms with Crippen LogP contribution in [0.3, 0.4) is 0 Å². The lowest BCUT2D eigenvalue weighted by Crippen LogP contribution is -2.43. The third kappa shape index (κ3) is 6.02. The van der Waals surface area contributed by atoms with E-state index in [1.54, 1.807) is 12.1 Å². The first kappa shape index (κ1) is 23.6. The van der Waals surface area contributed by atoms with E-state index in [0.29, 0.717) is 43.1 Å². The predicted octanol–water partition coefficient (Wildman–Crippen LogP) is 2.99. The normalized spacial score (nSPS) is 16.7. The minimum absolute atomic E-state index is 0.0656. The van der Waals surface area contributed by atoms with Gasteiger partial charge in [-0.05, 0) is 48.6 Å². The number of nitrogens with one attached hydrogen (secondary N) is 1. The van der Waals surface area contributed by atoms with E-state index in [4.69, 9.17) is 21.5 Å². The quantitative estimate of drug-likeness (QED) is 0.456. The first-order chi connectivity index (χ1) is 14.8. The maximum absolute atomic E-state index is 13.3. The van der Waals surface area contributed by atoms with Crippen LogP contribution >= 0.6 is 11.6 Å². The van der Waals surface area contributed by atoms with Crippen LogP contribution in [0.1, 0.15) is 41.2 Å². The molecule has 1 atom stereocenters. The number of hydrogen-bond donors (Lipinski definition) is 2. The summed E-state index contributed by atoms with van der Waals surface area (Å²) in [4.78, 5) is 15.7. The van der Waals surface area contributed by atoms with Crippen molar-refractivity contribution in [2.24, 2.45) is 0 Å². The van der Waals surface area contributed by atoms with Crippen molar-refractivity contribution in [2.45, 2.75) is 44.1 Å². The Morgan fingerprint density at radius 1 is 1.35 bits per heavy atom. The standard InChI is InChI=1S/C21H26ClN3O5S/c1-15-4-5-16(11-19(15)22)14-30-18-6-9-25(10-7-18)31(28,29)20(12-21(26)24-27)17-3-2-8-23-13-17/h2-5,8,11,13,18,20,27H,6-7,9-10,12,14H2,1H3,(H,24,26)/t20-/m1/s1. The number of hydroxylamine groups is 1. The SMILES string of the molecule is Cc1ccc(COC2CCN(S(=O)(=O)[C@H](CC(=O)NO)c3cccnc3)CC2)cc1Cl. The molecule has 0 unspecified atom stereocenters. The highest BCUT2D eigenvalue weighted by atomic mass is 35.5. The lowest BCUT2D eigenvalue weighted by atomic mass is 10.1. The van der Waals surface area contributed by atoms with Gasteiger partial charge in [0, 0.05) is 30.5 Å². The molecule has 2 N–H and O–H groups in total. The number of carbonyl (C=O) groups is 1.